The third-order valence-corrected chi connectivity index (χ3v) is 0.236. The maximum atomic E-state index is 6.25. The van der Waals surface area contributed by atoms with Crippen LogP contribution < -0.4 is 37.7 Å². The average Bonchev–Trinajstić information content (AvgIpc) is 1.72. The van der Waals surface area contributed by atoms with Crippen molar-refractivity contribution in [3.63, 3.8) is 0 Å². The van der Waals surface area contributed by atoms with Crippen molar-refractivity contribution in [3.8, 4) is 0 Å². The molecule has 0 aromatic rings. The Morgan fingerprint density at radius 1 is 1.40 bits per heavy atom. The molecule has 0 N–H and O–H groups in total. The molecule has 1 radical (unpaired) electrons. The van der Waals surface area contributed by atoms with E-state index in [9.17, 15) is 0 Å². The van der Waals surface area contributed by atoms with Crippen LogP contribution in [0.4, 0.5) is 0 Å². The minimum absolute atomic E-state index is 0. The van der Waals surface area contributed by atoms with Crippen LogP contribution in [0.3, 0.4) is 0 Å². The van der Waals surface area contributed by atoms with E-state index in [4.69, 9.17) is 18.4 Å². The Balaban J connectivity index is -0.00000000625. The van der Waals surface area contributed by atoms with Crippen molar-refractivity contribution >= 4 is 0 Å². The van der Waals surface area contributed by atoms with Crippen molar-refractivity contribution in [2.24, 2.45) is 0 Å². The Morgan fingerprint density at radius 2 is 1.50 bits per heavy atom. The fourth-order valence-corrected chi connectivity index (χ4v) is 0. The molecule has 0 unspecified atom stereocenters. The van der Waals surface area contributed by atoms with E-state index in [-0.39, 0.29) is 62.2 Å². The summed E-state index contributed by atoms with van der Waals surface area (Å²) >= 11 is 0. The molecular formula is C6H10CuLi2N+. The fourth-order valence-electron chi connectivity index (χ4n) is 0. The van der Waals surface area contributed by atoms with E-state index >= 15 is 0 Å². The second-order valence-electron chi connectivity index (χ2n) is 0.644. The molecule has 0 atom stereocenters. The summed E-state index contributed by atoms with van der Waals surface area (Å²) in [6, 6.07) is 0. The van der Waals surface area contributed by atoms with Crippen LogP contribution in [0.2, 0.25) is 0 Å². The molecule has 0 aliphatic rings. The normalized spacial score (nSPS) is 2.70. The van der Waals surface area contributed by atoms with E-state index in [0.717, 1.165) is 6.42 Å². The first-order valence-corrected chi connectivity index (χ1v) is 1.67. The Labute approximate surface area is 99.5 Å². The zero-order chi connectivity index (χ0) is 5.41. The number of hydrogen-bond donors (Lipinski definition) is 0. The van der Waals surface area contributed by atoms with Gasteiger partial charge in [-0.2, -0.15) is 0 Å². The van der Waals surface area contributed by atoms with Gasteiger partial charge in [-0.15, -0.1) is 0 Å². The molecule has 0 saturated heterocycles. The maximum Gasteiger partial charge on any atom is 2.00 e. The van der Waals surface area contributed by atoms with E-state index in [0.29, 0.717) is 0 Å². The summed E-state index contributed by atoms with van der Waals surface area (Å²) in [5.74, 6) is 0. The summed E-state index contributed by atoms with van der Waals surface area (Å²) in [6.07, 6.45) is 2.60. The maximum absolute atomic E-state index is 6.25. The molecule has 0 amide bonds. The van der Waals surface area contributed by atoms with Crippen molar-refractivity contribution < 1.29 is 54.8 Å². The van der Waals surface area contributed by atoms with Crippen LogP contribution in [-0.4, -0.2) is 0 Å². The van der Waals surface area contributed by atoms with Gasteiger partial charge < -0.3 is 25.8 Å². The summed E-state index contributed by atoms with van der Waals surface area (Å²) in [7, 11) is 0. The van der Waals surface area contributed by atoms with E-state index in [1.165, 1.54) is 0 Å². The van der Waals surface area contributed by atoms with Gasteiger partial charge in [0.05, 0.1) is 0 Å². The Morgan fingerprint density at radius 3 is 1.50 bits per heavy atom. The third-order valence-electron chi connectivity index (χ3n) is 0.236. The minimum atomic E-state index is 0. The summed E-state index contributed by atoms with van der Waals surface area (Å²) in [5.41, 5.74) is 0. The third kappa shape index (κ3) is 149. The summed E-state index contributed by atoms with van der Waals surface area (Å²) in [4.78, 5) is 0. The first-order chi connectivity index (χ1) is 2.91. The largest absolute Gasteiger partial charge is 2.00 e. The molecule has 1 nitrogen and oxygen atoms in total. The van der Waals surface area contributed by atoms with Crippen molar-refractivity contribution in [2.45, 2.75) is 13.3 Å². The van der Waals surface area contributed by atoms with Gasteiger partial charge >= 0.3 is 54.8 Å². The van der Waals surface area contributed by atoms with Crippen LogP contribution in [0.5, 0.6) is 0 Å². The minimum Gasteiger partial charge on any atom is -0.518 e. The first-order valence-electron chi connectivity index (χ1n) is 1.67. The van der Waals surface area contributed by atoms with Gasteiger partial charge in [-0.25, -0.2) is 0 Å². The van der Waals surface area contributed by atoms with E-state index in [1.54, 1.807) is 6.08 Å². The molecule has 0 aromatic heterocycles. The molecule has 4 heteroatoms. The summed E-state index contributed by atoms with van der Waals surface area (Å²) < 4.78 is 0. The van der Waals surface area contributed by atoms with Gasteiger partial charge in [-0.05, 0) is 0 Å². The molecule has 0 heterocycles. The Hall–Kier alpha value is 0.944. The van der Waals surface area contributed by atoms with Crippen molar-refractivity contribution in [1.82, 2.24) is 0 Å². The number of hydrogen-bond acceptors (Lipinski definition) is 1. The Kier molecular flexibility index (Phi) is 406. The number of nitrogens with zero attached hydrogens (tertiary/aromatic N) is 1. The molecular weight excluding hydrogens is 164 g/mol. The summed E-state index contributed by atoms with van der Waals surface area (Å²) in [5, 5.41) is 6.25. The van der Waals surface area contributed by atoms with Gasteiger partial charge in [0.15, 0.2) is 0 Å². The predicted octanol–water partition coefficient (Wildman–Crippen LogP) is -4.06. The molecule has 0 aliphatic heterocycles. The smallest absolute Gasteiger partial charge is 0.518 e. The zero-order valence-corrected chi connectivity index (χ0v) is 8.05. The number of rotatable bonds is 1. The van der Waals surface area contributed by atoms with Gasteiger partial charge in [0.2, 0.25) is 0 Å². The van der Waals surface area contributed by atoms with Gasteiger partial charge in [-0.1, -0.05) is 13.3 Å². The van der Waals surface area contributed by atoms with E-state index in [2.05, 4.69) is 0 Å². The van der Waals surface area contributed by atoms with Crippen LogP contribution in [0.15, 0.2) is 6.08 Å². The second kappa shape index (κ2) is 91.8. The quantitative estimate of drug-likeness (QED) is 0.293. The zero-order valence-electron chi connectivity index (χ0n) is 7.11. The standard InChI is InChI=1S/C4H7.CN.CH3.Cu.2Li/c1-3-4-2;1-2;;;;/h1,3H,4H2,2H3;;1H3;;;/q3*-1;+2;2*+1. The second-order valence-corrected chi connectivity index (χ2v) is 0.644. The summed E-state index contributed by atoms with van der Waals surface area (Å²) in [6.45, 7) is 11.7. The molecule has 10 heavy (non-hydrogen) atoms. The van der Waals surface area contributed by atoms with E-state index in [1.807, 2.05) is 6.92 Å². The van der Waals surface area contributed by atoms with Crippen LogP contribution in [0.1, 0.15) is 13.3 Å². The fraction of sp³-hybridized carbons (Fsp3) is 0.333. The monoisotopic (exact) mass is 173 g/mol. The van der Waals surface area contributed by atoms with Crippen molar-refractivity contribution in [3.05, 3.63) is 26.7 Å². The van der Waals surface area contributed by atoms with E-state index < -0.39 is 0 Å². The van der Waals surface area contributed by atoms with Gasteiger partial charge in [0.1, 0.15) is 0 Å². The topological polar surface area (TPSA) is 23.8 Å². The van der Waals surface area contributed by atoms with Crippen molar-refractivity contribution in [2.75, 3.05) is 0 Å². The molecule has 0 aromatic carbocycles. The SMILES string of the molecule is [C-]#N.[CH-]=CCC.[CH3-].[Cu+2].[Li+].[Li+]. The molecule has 0 spiro atoms. The van der Waals surface area contributed by atoms with Gasteiger partial charge in [-0.3, -0.25) is 6.08 Å². The molecule has 0 rings (SSSR count). The average molecular weight is 174 g/mol. The first kappa shape index (κ1) is 44.3. The van der Waals surface area contributed by atoms with Gasteiger partial charge in [0, 0.05) is 0 Å². The molecule has 0 aliphatic carbocycles. The van der Waals surface area contributed by atoms with Crippen molar-refractivity contribution in [1.29, 1.82) is 5.26 Å². The predicted molar refractivity (Wildman–Crippen MR) is 30.5 cm³/mol. The molecule has 0 saturated carbocycles. The van der Waals surface area contributed by atoms with Crippen LogP contribution >= 0.6 is 0 Å². The van der Waals surface area contributed by atoms with Gasteiger partial charge in [0.25, 0.3) is 0 Å². The Bertz CT molecular complexity index is 48.3. The number of allylic oxidation sites excluding steroid dienone is 1. The van der Waals surface area contributed by atoms with Crippen LogP contribution in [-0.2, 0) is 17.1 Å². The van der Waals surface area contributed by atoms with Crippen LogP contribution in [0, 0.1) is 25.8 Å². The molecule has 0 bridgehead atoms. The van der Waals surface area contributed by atoms with Crippen LogP contribution in [0.25, 0.3) is 0 Å². The molecule has 51 valence electrons. The molecule has 0 fully saturated rings.